The molecule has 0 atom stereocenters. The second-order valence-corrected chi connectivity index (χ2v) is 44.9. The molecule has 0 fully saturated rings. The zero-order valence-corrected chi connectivity index (χ0v) is 62.5. The van der Waals surface area contributed by atoms with Gasteiger partial charge in [0, 0.05) is 19.0 Å². The van der Waals surface area contributed by atoms with Gasteiger partial charge in [-0.1, -0.05) is 365 Å². The Morgan fingerprint density at radius 2 is 0.420 bits per heavy atom. The summed E-state index contributed by atoms with van der Waals surface area (Å²) in [5, 5.41) is 0. The molecule has 0 aromatic heterocycles. The highest BCUT2D eigenvalue weighted by molar-refractivity contribution is 6.92. The summed E-state index contributed by atoms with van der Waals surface area (Å²) in [6, 6.07) is 12.2. The number of unbranched alkanes of at least 4 members (excludes halogenated alkanes) is 33. The van der Waals surface area contributed by atoms with Crippen LogP contribution in [0.1, 0.15) is 366 Å². The van der Waals surface area contributed by atoms with Crippen LogP contribution >= 0.6 is 0 Å². The van der Waals surface area contributed by atoms with Crippen molar-refractivity contribution in [2.45, 2.75) is 432 Å². The summed E-state index contributed by atoms with van der Waals surface area (Å²) >= 11 is 0. The summed E-state index contributed by atoms with van der Waals surface area (Å²) in [7, 11) is -14.7. The average molecular weight is 1230 g/mol. The first-order valence-corrected chi connectivity index (χ1v) is 48.5. The Kier molecular flexibility index (Phi) is 54.4. The van der Waals surface area contributed by atoms with Crippen LogP contribution in [-0.2, 0) is 25.7 Å². The predicted octanol–water partition coefficient (Wildman–Crippen LogP) is 26.3. The van der Waals surface area contributed by atoms with Gasteiger partial charge in [-0.05, 0) is 54.4 Å². The van der Waals surface area contributed by atoms with Gasteiger partial charge in [-0.25, -0.2) is 0 Å². The van der Waals surface area contributed by atoms with Crippen molar-refractivity contribution in [3.8, 4) is 0 Å². The molecule has 0 bridgehead atoms. The topological polar surface area (TPSA) is 63.2 Å². The maximum absolute atomic E-state index is 13.5. The van der Waals surface area contributed by atoms with E-state index in [2.05, 4.69) is 82.7 Å². The van der Waals surface area contributed by atoms with Crippen LogP contribution < -0.4 is 0 Å². The molecule has 0 rings (SSSR count). The Labute approximate surface area is 515 Å². The summed E-state index contributed by atoms with van der Waals surface area (Å²) in [6.45, 7) is 32.1. The van der Waals surface area contributed by atoms with Gasteiger partial charge in [0.15, 0.2) is 14.1 Å². The van der Waals surface area contributed by atoms with Gasteiger partial charge < -0.3 is 20.9 Å². The average Bonchev–Trinajstić information content (AvgIpc) is 3.48. The third-order valence-electron chi connectivity index (χ3n) is 18.0. The molecule has 0 spiro atoms. The number of Topliss-reactive ketones (excluding diaryl/α,β-unsaturated/α-hetero) is 1. The summed E-state index contributed by atoms with van der Waals surface area (Å²) in [4.78, 5) is 13.5. The first-order valence-electron chi connectivity index (χ1n) is 37.0. The van der Waals surface area contributed by atoms with Gasteiger partial charge >= 0.3 is 34.2 Å². The minimum absolute atomic E-state index is 0.0543. The number of rotatable bonds is 66. The molecule has 0 heterocycles. The van der Waals surface area contributed by atoms with Crippen molar-refractivity contribution in [3.63, 3.8) is 0 Å². The molecule has 0 saturated heterocycles. The second-order valence-electron chi connectivity index (χ2n) is 26.2. The molecule has 0 N–H and O–H groups in total. The maximum atomic E-state index is 13.5. The number of carbonyl (C=O) groups excluding carboxylic acids is 1. The number of hydrogen-bond donors (Lipinski definition) is 0. The van der Waals surface area contributed by atoms with E-state index in [9.17, 15) is 4.79 Å². The fourth-order valence-electron chi connectivity index (χ4n) is 12.8. The predicted molar refractivity (Wildman–Crippen MR) is 372 cm³/mol. The van der Waals surface area contributed by atoms with E-state index < -0.39 is 42.6 Å². The van der Waals surface area contributed by atoms with Gasteiger partial charge in [0.1, 0.15) is 5.76 Å². The maximum Gasteiger partial charge on any atom is 0.390 e. The molecule has 11 heteroatoms. The van der Waals surface area contributed by atoms with Crippen molar-refractivity contribution in [3.05, 3.63) is 12.3 Å². The molecular weight excluding hydrogens is 1080 g/mol. The fraction of sp³-hybridized carbons (Fsp3) is 0.957. The van der Waals surface area contributed by atoms with E-state index in [0.29, 0.717) is 5.76 Å². The molecule has 0 aromatic rings. The highest BCUT2D eigenvalue weighted by Crippen LogP contribution is 2.45. The lowest BCUT2D eigenvalue weighted by Gasteiger charge is -2.50. The largest absolute Gasteiger partial charge is 0.518 e. The van der Waals surface area contributed by atoms with E-state index in [1.54, 1.807) is 6.92 Å². The number of carbonyl (C=O) groups is 1. The van der Waals surface area contributed by atoms with Gasteiger partial charge in [0.05, 0.1) is 0 Å². The van der Waals surface area contributed by atoms with Gasteiger partial charge in [-0.3, -0.25) is 4.79 Å². The summed E-state index contributed by atoms with van der Waals surface area (Å²) in [5.41, 5.74) is 0. The van der Waals surface area contributed by atoms with Crippen LogP contribution in [-0.4, -0.2) is 48.3 Å². The number of allylic oxidation sites excluding steroid dienone is 1. The van der Waals surface area contributed by atoms with Crippen LogP contribution in [0.5, 0.6) is 0 Å². The molecular formula is C70H148O6Si5. The second kappa shape index (κ2) is 54.3. The highest BCUT2D eigenvalue weighted by Gasteiger charge is 2.58. The van der Waals surface area contributed by atoms with Crippen LogP contribution in [0.25, 0.3) is 0 Å². The van der Waals surface area contributed by atoms with Crippen molar-refractivity contribution in [1.82, 2.24) is 0 Å². The van der Waals surface area contributed by atoms with E-state index in [-0.39, 0.29) is 5.78 Å². The van der Waals surface area contributed by atoms with E-state index in [1.807, 2.05) is 0 Å². The lowest BCUT2D eigenvalue weighted by molar-refractivity contribution is -0.115. The Balaban J connectivity index is 9.39. The van der Waals surface area contributed by atoms with Crippen molar-refractivity contribution in [1.29, 1.82) is 0 Å². The zero-order valence-electron chi connectivity index (χ0n) is 57.5. The molecule has 0 radical (unpaired) electrons. The molecule has 0 aromatic carbocycles. The first kappa shape index (κ1) is 81.1. The van der Waals surface area contributed by atoms with Crippen molar-refractivity contribution in [2.24, 2.45) is 0 Å². The Hall–Kier alpha value is 0.134. The molecule has 0 aliphatic rings. The quantitative estimate of drug-likeness (QED) is 0.0262. The third kappa shape index (κ3) is 40.3. The van der Waals surface area contributed by atoms with Gasteiger partial charge in [0.2, 0.25) is 0 Å². The third-order valence-corrected chi connectivity index (χ3v) is 43.5. The SMILES string of the molecule is C=C(O[Si](CCCCCC)(CCCCCC)O[Si](CCCCCC)(CCCCCC)O[Si](CCCCCC)(CCCCCC)O[Si](CCCCCC)(CCCCCC)O[Si](CCCCCC)(CCCCCC)CCCCCC)C(C)=O. The molecule has 484 valence electrons. The molecule has 0 saturated carbocycles. The first-order chi connectivity index (χ1) is 39.3. The number of ketones is 1. The number of hydrogen-bond acceptors (Lipinski definition) is 6. The molecule has 0 aliphatic carbocycles. The van der Waals surface area contributed by atoms with Crippen LogP contribution in [0.2, 0.25) is 66.5 Å². The molecule has 0 aliphatic heterocycles. The van der Waals surface area contributed by atoms with Crippen LogP contribution in [0.15, 0.2) is 12.3 Å². The van der Waals surface area contributed by atoms with Crippen molar-refractivity contribution in [2.75, 3.05) is 0 Å². The Morgan fingerprint density at radius 3 is 0.617 bits per heavy atom. The van der Waals surface area contributed by atoms with Crippen molar-refractivity contribution >= 4 is 48.3 Å². The lowest BCUT2D eigenvalue weighted by Crippen LogP contribution is -2.65. The normalized spacial score (nSPS) is 12.7. The molecule has 6 nitrogen and oxygen atoms in total. The van der Waals surface area contributed by atoms with Crippen LogP contribution in [0.4, 0.5) is 0 Å². The van der Waals surface area contributed by atoms with E-state index >= 15 is 0 Å². The Morgan fingerprint density at radius 1 is 0.247 bits per heavy atom. The standard InChI is InChI=1S/C70H148O6Si5/c1-14-25-36-47-58-77(59-48-37-26-15-2,60-49-38-27-16-3)73-79(63-52-41-30-19-6,64-53-42-31-20-7)75-81(67-56-45-34-23-10,68-57-46-35-24-11)76-80(65-54-43-32-21-8,66-55-44-33-22-9)74-78(61-50-39-28-17-4,62-51-40-29-18-5)72-70(13)69(12)71/h13-68H2,1-12H3. The smallest absolute Gasteiger partial charge is 0.390 e. The molecule has 0 unspecified atom stereocenters. The molecule has 81 heavy (non-hydrogen) atoms. The van der Waals surface area contributed by atoms with Gasteiger partial charge in [-0.15, -0.1) is 0 Å². The van der Waals surface area contributed by atoms with Gasteiger partial charge in [-0.2, -0.15) is 0 Å². The minimum Gasteiger partial charge on any atom is -0.518 e. The monoisotopic (exact) mass is 1230 g/mol. The fourth-order valence-corrected chi connectivity index (χ4v) is 44.4. The Bertz CT molecular complexity index is 1320. The zero-order chi connectivity index (χ0) is 60.1. The highest BCUT2D eigenvalue weighted by atomic mass is 28.5. The van der Waals surface area contributed by atoms with Crippen molar-refractivity contribution < 1.29 is 25.7 Å². The van der Waals surface area contributed by atoms with E-state index in [0.717, 1.165) is 74.0 Å². The summed E-state index contributed by atoms with van der Waals surface area (Å²) in [5.74, 6) is 0.268. The molecule has 0 amide bonds. The summed E-state index contributed by atoms with van der Waals surface area (Å²) in [6.07, 6.45) is 54.5. The van der Waals surface area contributed by atoms with E-state index in [4.69, 9.17) is 20.9 Å². The lowest BCUT2D eigenvalue weighted by atomic mass is 10.2. The van der Waals surface area contributed by atoms with E-state index in [1.165, 1.54) is 275 Å². The summed E-state index contributed by atoms with van der Waals surface area (Å²) < 4.78 is 43.0. The minimum atomic E-state index is -3.18. The van der Waals surface area contributed by atoms with Crippen LogP contribution in [0, 0.1) is 0 Å². The van der Waals surface area contributed by atoms with Gasteiger partial charge in [0.25, 0.3) is 0 Å². The van der Waals surface area contributed by atoms with Crippen LogP contribution in [0.3, 0.4) is 0 Å².